The molecular weight excluding hydrogens is 408 g/mol. The summed E-state index contributed by atoms with van der Waals surface area (Å²) >= 11 is 0. The van der Waals surface area contributed by atoms with E-state index < -0.39 is 5.78 Å². The molecule has 0 atom stereocenters. The minimum absolute atomic E-state index is 0.0202. The smallest absolute Gasteiger partial charge is 0.193 e. The lowest BCUT2D eigenvalue weighted by Gasteiger charge is -2.11. The molecule has 1 heterocycles. The number of aromatic hydroxyl groups is 1. The SMILES string of the molecule is COc1ccc(/C=C/C(=O)c2c(O)c(N=Nc3ccccc3)c3occc3c2OC)cc1. The van der Waals surface area contributed by atoms with Gasteiger partial charge in [0.2, 0.25) is 0 Å². The maximum atomic E-state index is 13.1. The van der Waals surface area contributed by atoms with E-state index in [-0.39, 0.29) is 28.3 Å². The van der Waals surface area contributed by atoms with Crippen molar-refractivity contribution in [3.05, 3.63) is 84.1 Å². The monoisotopic (exact) mass is 428 g/mol. The number of nitrogens with zero attached hydrogens (tertiary/aromatic N) is 2. The lowest BCUT2D eigenvalue weighted by atomic mass is 10.0. The Labute approximate surface area is 184 Å². The number of ether oxygens (including phenoxy) is 2. The van der Waals surface area contributed by atoms with Crippen LogP contribution < -0.4 is 9.47 Å². The van der Waals surface area contributed by atoms with E-state index in [9.17, 15) is 9.90 Å². The first-order valence-corrected chi connectivity index (χ1v) is 9.75. The first-order chi connectivity index (χ1) is 15.6. The van der Waals surface area contributed by atoms with E-state index in [0.29, 0.717) is 16.8 Å². The van der Waals surface area contributed by atoms with Gasteiger partial charge in [0.15, 0.2) is 22.8 Å². The second-order valence-electron chi connectivity index (χ2n) is 6.78. The van der Waals surface area contributed by atoms with Crippen molar-refractivity contribution in [2.75, 3.05) is 14.2 Å². The number of ketones is 1. The number of allylic oxidation sites excluding steroid dienone is 1. The molecule has 0 spiro atoms. The molecule has 7 nitrogen and oxygen atoms in total. The number of carbonyl (C=O) groups is 1. The largest absolute Gasteiger partial charge is 0.505 e. The quantitative estimate of drug-likeness (QED) is 0.207. The number of hydrogen-bond donors (Lipinski definition) is 1. The summed E-state index contributed by atoms with van der Waals surface area (Å²) in [5.41, 5.74) is 1.69. The summed E-state index contributed by atoms with van der Waals surface area (Å²) < 4.78 is 16.1. The lowest BCUT2D eigenvalue weighted by Crippen LogP contribution is -2.00. The molecule has 1 aromatic heterocycles. The number of methoxy groups -OCH3 is 2. The van der Waals surface area contributed by atoms with E-state index in [1.807, 2.05) is 30.3 Å². The third-order valence-corrected chi connectivity index (χ3v) is 4.83. The van der Waals surface area contributed by atoms with Crippen molar-refractivity contribution in [2.45, 2.75) is 0 Å². The fourth-order valence-corrected chi connectivity index (χ4v) is 3.25. The Morgan fingerprint density at radius 1 is 0.969 bits per heavy atom. The molecule has 160 valence electrons. The van der Waals surface area contributed by atoms with Crippen molar-refractivity contribution in [2.24, 2.45) is 10.2 Å². The van der Waals surface area contributed by atoms with Crippen LogP contribution in [0, 0.1) is 0 Å². The molecule has 0 aliphatic carbocycles. The van der Waals surface area contributed by atoms with Crippen LogP contribution in [0.25, 0.3) is 17.0 Å². The van der Waals surface area contributed by atoms with Crippen molar-refractivity contribution >= 4 is 34.2 Å². The molecule has 0 aliphatic rings. The minimum Gasteiger partial charge on any atom is -0.505 e. The van der Waals surface area contributed by atoms with Gasteiger partial charge in [-0.1, -0.05) is 36.4 Å². The zero-order valence-corrected chi connectivity index (χ0v) is 17.5. The second-order valence-corrected chi connectivity index (χ2v) is 6.78. The van der Waals surface area contributed by atoms with Gasteiger partial charge in [0.1, 0.15) is 17.1 Å². The Hall–Kier alpha value is -4.39. The summed E-state index contributed by atoms with van der Waals surface area (Å²) in [6, 6.07) is 17.9. The highest BCUT2D eigenvalue weighted by Crippen LogP contribution is 2.46. The number of benzene rings is 3. The normalized spacial score (nSPS) is 11.4. The average Bonchev–Trinajstić information content (AvgIpc) is 3.31. The van der Waals surface area contributed by atoms with E-state index >= 15 is 0 Å². The molecule has 4 aromatic rings. The third kappa shape index (κ3) is 4.09. The van der Waals surface area contributed by atoms with Gasteiger partial charge in [0.25, 0.3) is 0 Å². The van der Waals surface area contributed by atoms with Gasteiger partial charge in [-0.05, 0) is 42.0 Å². The summed E-state index contributed by atoms with van der Waals surface area (Å²) in [7, 11) is 3.01. The van der Waals surface area contributed by atoms with Crippen molar-refractivity contribution in [3.8, 4) is 17.2 Å². The Balaban J connectivity index is 1.77. The molecule has 0 saturated heterocycles. The zero-order valence-electron chi connectivity index (χ0n) is 17.5. The number of hydrogen-bond acceptors (Lipinski definition) is 7. The van der Waals surface area contributed by atoms with Crippen LogP contribution in [0.2, 0.25) is 0 Å². The topological polar surface area (TPSA) is 93.6 Å². The predicted octanol–water partition coefficient (Wildman–Crippen LogP) is 6.47. The number of azo groups is 1. The molecule has 4 rings (SSSR count). The third-order valence-electron chi connectivity index (χ3n) is 4.83. The van der Waals surface area contributed by atoms with E-state index in [0.717, 1.165) is 5.56 Å². The minimum atomic E-state index is -0.450. The Morgan fingerprint density at radius 2 is 1.72 bits per heavy atom. The van der Waals surface area contributed by atoms with Crippen LogP contribution in [0.5, 0.6) is 17.2 Å². The number of phenols is 1. The molecule has 0 bridgehead atoms. The van der Waals surface area contributed by atoms with Crippen molar-refractivity contribution in [1.29, 1.82) is 0 Å². The van der Waals surface area contributed by atoms with Gasteiger partial charge in [-0.2, -0.15) is 5.11 Å². The summed E-state index contributed by atoms with van der Waals surface area (Å²) in [5.74, 6) is 0.101. The number of rotatable bonds is 7. The van der Waals surface area contributed by atoms with Crippen LogP contribution in [0.15, 0.2) is 87.6 Å². The first-order valence-electron chi connectivity index (χ1n) is 9.75. The second kappa shape index (κ2) is 9.18. The van der Waals surface area contributed by atoms with E-state index in [2.05, 4.69) is 10.2 Å². The highest BCUT2D eigenvalue weighted by atomic mass is 16.5. The van der Waals surface area contributed by atoms with Crippen LogP contribution >= 0.6 is 0 Å². The number of furan rings is 1. The lowest BCUT2D eigenvalue weighted by molar-refractivity contribution is 0.104. The van der Waals surface area contributed by atoms with Crippen LogP contribution in [-0.2, 0) is 0 Å². The Bertz CT molecular complexity index is 1310. The molecule has 7 heteroatoms. The summed E-state index contributed by atoms with van der Waals surface area (Å²) in [4.78, 5) is 13.1. The van der Waals surface area contributed by atoms with Crippen molar-refractivity contribution in [3.63, 3.8) is 0 Å². The maximum absolute atomic E-state index is 13.1. The Kier molecular flexibility index (Phi) is 5.98. The van der Waals surface area contributed by atoms with Crippen LogP contribution in [-0.4, -0.2) is 25.1 Å². The average molecular weight is 428 g/mol. The molecule has 32 heavy (non-hydrogen) atoms. The summed E-state index contributed by atoms with van der Waals surface area (Å²) in [5, 5.41) is 19.8. The van der Waals surface area contributed by atoms with E-state index in [1.165, 1.54) is 19.4 Å². The number of carbonyl (C=O) groups excluding carboxylic acids is 1. The fraction of sp³-hybridized carbons (Fsp3) is 0.0800. The molecular formula is C25H20N2O5. The molecule has 0 saturated carbocycles. The molecule has 0 aliphatic heterocycles. The van der Waals surface area contributed by atoms with Gasteiger partial charge in [0, 0.05) is 0 Å². The van der Waals surface area contributed by atoms with Crippen LogP contribution in [0.3, 0.4) is 0 Å². The standard InChI is InChI=1S/C25H20N2O5/c1-30-18-11-8-16(9-12-18)10-13-20(28)21-23(29)22(27-26-17-6-4-3-5-7-17)25-19(14-15-32-25)24(21)31-2/h3-15,29H,1-2H3/b13-10+,27-26?. The van der Waals surface area contributed by atoms with Gasteiger partial charge < -0.3 is 19.0 Å². The van der Waals surface area contributed by atoms with Crippen LogP contribution in [0.1, 0.15) is 15.9 Å². The Morgan fingerprint density at radius 3 is 2.41 bits per heavy atom. The highest BCUT2D eigenvalue weighted by Gasteiger charge is 2.25. The fourth-order valence-electron chi connectivity index (χ4n) is 3.25. The van der Waals surface area contributed by atoms with Gasteiger partial charge >= 0.3 is 0 Å². The highest BCUT2D eigenvalue weighted by molar-refractivity contribution is 6.16. The van der Waals surface area contributed by atoms with Gasteiger partial charge in [-0.15, -0.1) is 5.11 Å². The van der Waals surface area contributed by atoms with Crippen LogP contribution in [0.4, 0.5) is 11.4 Å². The molecule has 0 radical (unpaired) electrons. The summed E-state index contributed by atoms with van der Waals surface area (Å²) in [6.45, 7) is 0. The maximum Gasteiger partial charge on any atom is 0.193 e. The van der Waals surface area contributed by atoms with Crippen molar-refractivity contribution < 1.29 is 23.8 Å². The van der Waals surface area contributed by atoms with Gasteiger partial charge in [-0.25, -0.2) is 0 Å². The molecule has 0 unspecified atom stereocenters. The molecule has 0 amide bonds. The number of phenolic OH excluding ortho intramolecular Hbond substituents is 1. The first kappa shape index (κ1) is 20.9. The summed E-state index contributed by atoms with van der Waals surface area (Å²) in [6.07, 6.45) is 4.45. The van der Waals surface area contributed by atoms with Gasteiger partial charge in [-0.3, -0.25) is 4.79 Å². The molecule has 3 aromatic carbocycles. The van der Waals surface area contributed by atoms with Crippen molar-refractivity contribution in [1.82, 2.24) is 0 Å². The van der Waals surface area contributed by atoms with E-state index in [1.54, 1.807) is 43.5 Å². The molecule has 1 N–H and O–H groups in total. The number of fused-ring (bicyclic) bond motifs is 1. The van der Waals surface area contributed by atoms with Gasteiger partial charge in [0.05, 0.1) is 31.6 Å². The zero-order chi connectivity index (χ0) is 22.5. The molecule has 0 fully saturated rings. The van der Waals surface area contributed by atoms with E-state index in [4.69, 9.17) is 13.9 Å². The predicted molar refractivity (Wildman–Crippen MR) is 121 cm³/mol.